The molecule has 1 aliphatic carbocycles. The lowest BCUT2D eigenvalue weighted by Crippen LogP contribution is -2.48. The van der Waals surface area contributed by atoms with Gasteiger partial charge >= 0.3 is 0 Å². The van der Waals surface area contributed by atoms with E-state index in [1.54, 1.807) is 12.1 Å². The first-order chi connectivity index (χ1) is 14.2. The van der Waals surface area contributed by atoms with Crippen molar-refractivity contribution in [1.29, 1.82) is 0 Å². The number of carbonyl (C=O) groups excluding carboxylic acids is 2. The van der Waals surface area contributed by atoms with E-state index < -0.39 is 0 Å². The number of nitrogens with zero attached hydrogens (tertiary/aromatic N) is 1. The van der Waals surface area contributed by atoms with E-state index in [9.17, 15) is 9.59 Å². The van der Waals surface area contributed by atoms with Crippen molar-refractivity contribution in [3.8, 4) is 11.5 Å². The summed E-state index contributed by atoms with van der Waals surface area (Å²) < 4.78 is 10.7. The number of likely N-dealkylation sites (tertiary alicyclic amines) is 1. The number of benzene rings is 1. The highest BCUT2D eigenvalue weighted by Crippen LogP contribution is 2.35. The first-order valence-corrected chi connectivity index (χ1v) is 10.4. The van der Waals surface area contributed by atoms with Crippen LogP contribution in [0.2, 0.25) is 0 Å². The number of ether oxygens (including phenoxy) is 2. The lowest BCUT2D eigenvalue weighted by atomic mass is 9.82. The quantitative estimate of drug-likeness (QED) is 0.592. The van der Waals surface area contributed by atoms with Crippen molar-refractivity contribution in [2.24, 2.45) is 11.8 Å². The molecular formula is C20H27N5O4. The summed E-state index contributed by atoms with van der Waals surface area (Å²) >= 11 is 0. The maximum Gasteiger partial charge on any atom is 0.231 e. The van der Waals surface area contributed by atoms with Crippen LogP contribution in [0.1, 0.15) is 32.1 Å². The molecule has 3 fully saturated rings. The van der Waals surface area contributed by atoms with Crippen LogP contribution in [0.4, 0.5) is 5.69 Å². The van der Waals surface area contributed by atoms with Crippen molar-refractivity contribution in [2.45, 2.75) is 44.2 Å². The van der Waals surface area contributed by atoms with Crippen molar-refractivity contribution in [1.82, 2.24) is 21.3 Å². The Bertz CT molecular complexity index is 795. The van der Waals surface area contributed by atoms with E-state index in [0.717, 1.165) is 19.3 Å². The third kappa shape index (κ3) is 3.77. The highest BCUT2D eigenvalue weighted by atomic mass is 16.7. The average molecular weight is 401 g/mol. The van der Waals surface area contributed by atoms with Gasteiger partial charge in [0.05, 0.1) is 0 Å². The Morgan fingerprint density at radius 2 is 1.76 bits per heavy atom. The van der Waals surface area contributed by atoms with Gasteiger partial charge in [-0.05, 0) is 44.2 Å². The molecule has 3 aliphatic heterocycles. The van der Waals surface area contributed by atoms with Crippen molar-refractivity contribution in [3.05, 3.63) is 18.2 Å². The van der Waals surface area contributed by atoms with Crippen LogP contribution in [0.5, 0.6) is 11.5 Å². The monoisotopic (exact) mass is 401 g/mol. The second kappa shape index (κ2) is 7.81. The van der Waals surface area contributed by atoms with Gasteiger partial charge in [-0.2, -0.15) is 5.53 Å². The minimum absolute atomic E-state index is 0.00350. The molecule has 1 aromatic rings. The highest BCUT2D eigenvalue weighted by Gasteiger charge is 2.39. The first-order valence-electron chi connectivity index (χ1n) is 10.4. The standard InChI is InChI=1S/C20H27N5O4/c26-19(21-14-2-4-17-18(10-14)29-11-28-17)12-5-7-25(8-6-12)20(27)13-1-3-15-16(9-13)23-24-22-15/h2,4,10,12-13,15-16,22-24H,1,3,5-9,11H2,(H,21,26). The molecule has 9 nitrogen and oxygen atoms in total. The summed E-state index contributed by atoms with van der Waals surface area (Å²) in [6, 6.07) is 6.13. The van der Waals surface area contributed by atoms with E-state index in [0.29, 0.717) is 55.2 Å². The van der Waals surface area contributed by atoms with Crippen molar-refractivity contribution < 1.29 is 19.1 Å². The number of fused-ring (bicyclic) bond motifs is 2. The zero-order valence-electron chi connectivity index (χ0n) is 16.3. The van der Waals surface area contributed by atoms with Crippen LogP contribution in [0, 0.1) is 11.8 Å². The Morgan fingerprint density at radius 3 is 2.62 bits per heavy atom. The molecule has 3 atom stereocenters. The molecule has 156 valence electrons. The lowest BCUT2D eigenvalue weighted by Gasteiger charge is -2.36. The molecule has 5 rings (SSSR count). The van der Waals surface area contributed by atoms with Crippen molar-refractivity contribution in [2.75, 3.05) is 25.2 Å². The van der Waals surface area contributed by atoms with Gasteiger partial charge in [0.1, 0.15) is 0 Å². The van der Waals surface area contributed by atoms with E-state index in [4.69, 9.17) is 9.47 Å². The summed E-state index contributed by atoms with van der Waals surface area (Å²) in [6.45, 7) is 1.50. The molecule has 0 aromatic heterocycles. The van der Waals surface area contributed by atoms with Gasteiger partial charge in [-0.1, -0.05) is 0 Å². The minimum atomic E-state index is -0.0786. The normalized spacial score (nSPS) is 28.8. The smallest absolute Gasteiger partial charge is 0.231 e. The second-order valence-electron chi connectivity index (χ2n) is 8.29. The molecule has 0 bridgehead atoms. The van der Waals surface area contributed by atoms with Crippen LogP contribution in [-0.2, 0) is 9.59 Å². The zero-order chi connectivity index (χ0) is 19.8. The van der Waals surface area contributed by atoms with Gasteiger partial charge in [-0.15, -0.1) is 0 Å². The number of piperidine rings is 1. The molecule has 3 heterocycles. The Hall–Kier alpha value is -2.36. The Kier molecular flexibility index (Phi) is 5.03. The minimum Gasteiger partial charge on any atom is -0.454 e. The Balaban J connectivity index is 1.12. The summed E-state index contributed by atoms with van der Waals surface area (Å²) in [7, 11) is 0. The maximum atomic E-state index is 12.9. The second-order valence-corrected chi connectivity index (χ2v) is 8.29. The number of hydrazine groups is 2. The van der Waals surface area contributed by atoms with Gasteiger partial charge in [0.25, 0.3) is 0 Å². The van der Waals surface area contributed by atoms with E-state index in [1.807, 2.05) is 11.0 Å². The molecule has 0 spiro atoms. The number of hydrogen-bond acceptors (Lipinski definition) is 7. The fraction of sp³-hybridized carbons (Fsp3) is 0.600. The predicted molar refractivity (Wildman–Crippen MR) is 105 cm³/mol. The fourth-order valence-corrected chi connectivity index (χ4v) is 4.79. The van der Waals surface area contributed by atoms with Crippen LogP contribution in [0.15, 0.2) is 18.2 Å². The largest absolute Gasteiger partial charge is 0.454 e. The number of carbonyl (C=O) groups is 2. The van der Waals surface area contributed by atoms with Crippen molar-refractivity contribution >= 4 is 17.5 Å². The summed E-state index contributed by atoms with van der Waals surface area (Å²) in [4.78, 5) is 27.6. The van der Waals surface area contributed by atoms with Gasteiger partial charge < -0.3 is 19.7 Å². The van der Waals surface area contributed by atoms with Crippen LogP contribution in [0.25, 0.3) is 0 Å². The number of anilines is 1. The van der Waals surface area contributed by atoms with Crippen LogP contribution < -0.4 is 31.2 Å². The molecule has 1 saturated carbocycles. The zero-order valence-corrected chi connectivity index (χ0v) is 16.3. The topological polar surface area (TPSA) is 104 Å². The molecule has 9 heteroatoms. The maximum absolute atomic E-state index is 12.9. The Morgan fingerprint density at radius 1 is 0.966 bits per heavy atom. The lowest BCUT2D eigenvalue weighted by molar-refractivity contribution is -0.139. The van der Waals surface area contributed by atoms with E-state index in [1.165, 1.54) is 0 Å². The molecule has 2 amide bonds. The molecule has 4 aliphatic rings. The first kappa shape index (κ1) is 18.7. The SMILES string of the molecule is O=C(Nc1ccc2c(c1)OCO2)C1CCN(C(=O)C2CCC3NNNC3C2)CC1. The number of amides is 2. The molecule has 1 aromatic carbocycles. The molecule has 0 radical (unpaired) electrons. The predicted octanol–water partition coefficient (Wildman–Crippen LogP) is 0.742. The molecular weight excluding hydrogens is 374 g/mol. The van der Waals surface area contributed by atoms with Gasteiger partial charge in [0.2, 0.25) is 18.6 Å². The molecule has 3 unspecified atom stereocenters. The number of hydrogen-bond donors (Lipinski definition) is 4. The highest BCUT2D eigenvalue weighted by molar-refractivity contribution is 5.93. The average Bonchev–Trinajstić information content (AvgIpc) is 3.41. The molecule has 4 N–H and O–H groups in total. The van der Waals surface area contributed by atoms with Crippen molar-refractivity contribution in [3.63, 3.8) is 0 Å². The van der Waals surface area contributed by atoms with Crippen LogP contribution in [-0.4, -0.2) is 48.7 Å². The molecule has 2 saturated heterocycles. The van der Waals surface area contributed by atoms with Crippen LogP contribution in [0.3, 0.4) is 0 Å². The van der Waals surface area contributed by atoms with E-state index in [-0.39, 0.29) is 30.4 Å². The van der Waals surface area contributed by atoms with Crippen LogP contribution >= 0.6 is 0 Å². The van der Waals surface area contributed by atoms with E-state index >= 15 is 0 Å². The van der Waals surface area contributed by atoms with Gasteiger partial charge in [0, 0.05) is 48.8 Å². The summed E-state index contributed by atoms with van der Waals surface area (Å²) in [5.74, 6) is 1.59. The van der Waals surface area contributed by atoms with E-state index in [2.05, 4.69) is 21.7 Å². The van der Waals surface area contributed by atoms with Gasteiger partial charge in [0.15, 0.2) is 11.5 Å². The molecule has 29 heavy (non-hydrogen) atoms. The number of nitrogens with one attached hydrogen (secondary N) is 4. The summed E-state index contributed by atoms with van der Waals surface area (Å²) in [5, 5.41) is 2.97. The number of rotatable bonds is 3. The fourth-order valence-electron chi connectivity index (χ4n) is 4.79. The third-order valence-electron chi connectivity index (χ3n) is 6.53. The van der Waals surface area contributed by atoms with Gasteiger partial charge in [-0.3, -0.25) is 9.59 Å². The Labute approximate surface area is 169 Å². The summed E-state index contributed by atoms with van der Waals surface area (Å²) in [5.41, 5.74) is 10.1. The third-order valence-corrected chi connectivity index (χ3v) is 6.53. The van der Waals surface area contributed by atoms with Gasteiger partial charge in [-0.25, -0.2) is 10.9 Å². The summed E-state index contributed by atoms with van der Waals surface area (Å²) in [6.07, 6.45) is 4.16.